The minimum Gasteiger partial charge on any atom is -0.440 e. The molecule has 1 aliphatic rings. The molecule has 0 aliphatic heterocycles. The average molecular weight is 240 g/mol. The Morgan fingerprint density at radius 2 is 2.44 bits per heavy atom. The van der Waals surface area contributed by atoms with E-state index in [-0.39, 0.29) is 0 Å². The molecule has 1 aromatic rings. The van der Waals surface area contributed by atoms with Crippen molar-refractivity contribution in [2.45, 2.75) is 49.1 Å². The van der Waals surface area contributed by atoms with Crippen LogP contribution in [0.25, 0.3) is 0 Å². The lowest BCUT2D eigenvalue weighted by Crippen LogP contribution is -2.40. The Morgan fingerprint density at radius 1 is 1.56 bits per heavy atom. The monoisotopic (exact) mass is 240 g/mol. The topological polar surface area (TPSA) is 38.1 Å². The van der Waals surface area contributed by atoms with E-state index in [9.17, 15) is 0 Å². The first-order valence-corrected chi connectivity index (χ1v) is 6.94. The smallest absolute Gasteiger partial charge is 0.255 e. The van der Waals surface area contributed by atoms with Gasteiger partial charge in [0.05, 0.1) is 6.20 Å². The van der Waals surface area contributed by atoms with Crippen LogP contribution >= 0.6 is 11.8 Å². The molecule has 1 aromatic heterocycles. The third-order valence-corrected chi connectivity index (χ3v) is 4.74. The quantitative estimate of drug-likeness (QED) is 0.878. The van der Waals surface area contributed by atoms with Crippen molar-refractivity contribution in [3.8, 4) is 0 Å². The number of hydrogen-bond acceptors (Lipinski definition) is 4. The van der Waals surface area contributed by atoms with E-state index in [0.29, 0.717) is 11.3 Å². The molecule has 3 unspecified atom stereocenters. The lowest BCUT2D eigenvalue weighted by atomic mass is 9.84. The van der Waals surface area contributed by atoms with Gasteiger partial charge < -0.3 is 9.73 Å². The van der Waals surface area contributed by atoms with Crippen LogP contribution in [0.3, 0.4) is 0 Å². The summed E-state index contributed by atoms with van der Waals surface area (Å²) in [4.78, 5) is 4.20. The molecule has 4 heteroatoms. The fourth-order valence-corrected chi connectivity index (χ4v) is 3.74. The zero-order valence-electron chi connectivity index (χ0n) is 9.98. The largest absolute Gasteiger partial charge is 0.440 e. The minimum atomic E-state index is 0.597. The number of thioether (sulfide) groups is 1. The fraction of sp³-hybridized carbons (Fsp3) is 0.750. The molecule has 1 N–H and O–H groups in total. The summed E-state index contributed by atoms with van der Waals surface area (Å²) in [5.41, 5.74) is 0. The average Bonchev–Trinajstić information content (AvgIpc) is 2.82. The van der Waals surface area contributed by atoms with E-state index < -0.39 is 0 Å². The standard InChI is InChI=1S/C12H20N2OS/c1-3-9-4-5-10(13-2)11(8-9)16-12-14-6-7-15-12/h6-7,9-11,13H,3-5,8H2,1-2H3. The zero-order valence-corrected chi connectivity index (χ0v) is 10.8. The normalized spacial score (nSPS) is 30.5. The summed E-state index contributed by atoms with van der Waals surface area (Å²) in [5.74, 6) is 0.872. The van der Waals surface area contributed by atoms with Crippen molar-refractivity contribution >= 4 is 11.8 Å². The zero-order chi connectivity index (χ0) is 11.4. The van der Waals surface area contributed by atoms with Gasteiger partial charge in [0.15, 0.2) is 0 Å². The maximum atomic E-state index is 5.32. The third-order valence-electron chi connectivity index (χ3n) is 3.51. The molecule has 1 saturated carbocycles. The van der Waals surface area contributed by atoms with Crippen molar-refractivity contribution in [1.29, 1.82) is 0 Å². The lowest BCUT2D eigenvalue weighted by Gasteiger charge is -2.34. The molecule has 16 heavy (non-hydrogen) atoms. The first kappa shape index (κ1) is 12.0. The summed E-state index contributed by atoms with van der Waals surface area (Å²) in [7, 11) is 2.06. The molecule has 0 spiro atoms. The van der Waals surface area contributed by atoms with E-state index >= 15 is 0 Å². The van der Waals surface area contributed by atoms with Gasteiger partial charge in [-0.05, 0) is 32.2 Å². The first-order valence-electron chi connectivity index (χ1n) is 6.07. The maximum absolute atomic E-state index is 5.32. The van der Waals surface area contributed by atoms with Crippen molar-refractivity contribution in [1.82, 2.24) is 10.3 Å². The number of oxazole rings is 1. The molecule has 0 saturated heterocycles. The van der Waals surface area contributed by atoms with Gasteiger partial charge in [0.2, 0.25) is 0 Å². The number of nitrogens with zero attached hydrogens (tertiary/aromatic N) is 1. The Kier molecular flexibility index (Phi) is 4.29. The molecule has 2 rings (SSSR count). The predicted octanol–water partition coefficient (Wildman–Crippen LogP) is 2.93. The SMILES string of the molecule is CCC1CCC(NC)C(Sc2ncco2)C1. The van der Waals surface area contributed by atoms with E-state index in [4.69, 9.17) is 4.42 Å². The van der Waals surface area contributed by atoms with Gasteiger partial charge in [0.25, 0.3) is 5.22 Å². The van der Waals surface area contributed by atoms with Gasteiger partial charge in [-0.2, -0.15) is 0 Å². The van der Waals surface area contributed by atoms with Crippen LogP contribution in [0.4, 0.5) is 0 Å². The second kappa shape index (κ2) is 5.73. The van der Waals surface area contributed by atoms with Gasteiger partial charge in [0.1, 0.15) is 6.26 Å². The minimum absolute atomic E-state index is 0.597. The van der Waals surface area contributed by atoms with Crippen LogP contribution in [0, 0.1) is 5.92 Å². The molecular weight excluding hydrogens is 220 g/mol. The number of aromatic nitrogens is 1. The summed E-state index contributed by atoms with van der Waals surface area (Å²) in [6, 6.07) is 0.597. The molecule has 3 nitrogen and oxygen atoms in total. The number of hydrogen-bond donors (Lipinski definition) is 1. The van der Waals surface area contributed by atoms with E-state index in [1.165, 1.54) is 25.7 Å². The van der Waals surface area contributed by atoms with Gasteiger partial charge >= 0.3 is 0 Å². The van der Waals surface area contributed by atoms with Crippen LogP contribution in [0.2, 0.25) is 0 Å². The number of rotatable bonds is 4. The van der Waals surface area contributed by atoms with Crippen LogP contribution in [0.1, 0.15) is 32.6 Å². The van der Waals surface area contributed by atoms with E-state index in [2.05, 4.69) is 24.3 Å². The van der Waals surface area contributed by atoms with Gasteiger partial charge in [-0.15, -0.1) is 0 Å². The second-order valence-corrected chi connectivity index (χ2v) is 5.63. The molecule has 90 valence electrons. The Bertz CT molecular complexity index is 302. The van der Waals surface area contributed by atoms with E-state index in [0.717, 1.165) is 11.1 Å². The van der Waals surface area contributed by atoms with Crippen LogP contribution in [-0.4, -0.2) is 23.3 Å². The molecule has 1 aliphatic carbocycles. The highest BCUT2D eigenvalue weighted by Crippen LogP contribution is 2.36. The molecule has 0 aromatic carbocycles. The van der Waals surface area contributed by atoms with Crippen molar-refractivity contribution in [3.63, 3.8) is 0 Å². The highest BCUT2D eigenvalue weighted by Gasteiger charge is 2.30. The molecule has 0 amide bonds. The van der Waals surface area contributed by atoms with Crippen molar-refractivity contribution in [2.75, 3.05) is 7.05 Å². The predicted molar refractivity (Wildman–Crippen MR) is 66.6 cm³/mol. The van der Waals surface area contributed by atoms with Gasteiger partial charge in [-0.3, -0.25) is 0 Å². The highest BCUT2D eigenvalue weighted by atomic mass is 32.2. The second-order valence-electron chi connectivity index (χ2n) is 4.44. The van der Waals surface area contributed by atoms with Gasteiger partial charge in [0, 0.05) is 11.3 Å². The molecular formula is C12H20N2OS. The fourth-order valence-electron chi connectivity index (χ4n) is 2.44. The lowest BCUT2D eigenvalue weighted by molar-refractivity contribution is 0.303. The Hall–Kier alpha value is -0.480. The summed E-state index contributed by atoms with van der Waals surface area (Å²) < 4.78 is 5.32. The highest BCUT2D eigenvalue weighted by molar-refractivity contribution is 7.99. The molecule has 1 fully saturated rings. The Balaban J connectivity index is 1.97. The summed E-state index contributed by atoms with van der Waals surface area (Å²) in [6.07, 6.45) is 8.56. The number of nitrogens with one attached hydrogen (secondary N) is 1. The van der Waals surface area contributed by atoms with Crippen LogP contribution in [0.15, 0.2) is 22.1 Å². The summed E-state index contributed by atoms with van der Waals surface area (Å²) >= 11 is 1.78. The Labute approximate surface area is 101 Å². The third kappa shape index (κ3) is 2.80. The van der Waals surface area contributed by atoms with Crippen molar-refractivity contribution in [3.05, 3.63) is 12.5 Å². The molecule has 1 heterocycles. The van der Waals surface area contributed by atoms with Crippen LogP contribution in [-0.2, 0) is 0 Å². The van der Waals surface area contributed by atoms with Crippen molar-refractivity contribution in [2.24, 2.45) is 5.92 Å². The van der Waals surface area contributed by atoms with Crippen LogP contribution in [0.5, 0.6) is 0 Å². The molecule has 0 bridgehead atoms. The maximum Gasteiger partial charge on any atom is 0.255 e. The summed E-state index contributed by atoms with van der Waals surface area (Å²) in [5, 5.41) is 4.83. The van der Waals surface area contributed by atoms with Crippen molar-refractivity contribution < 1.29 is 4.42 Å². The molecule has 3 atom stereocenters. The van der Waals surface area contributed by atoms with E-state index in [1.807, 2.05) is 0 Å². The van der Waals surface area contributed by atoms with Crippen LogP contribution < -0.4 is 5.32 Å². The Morgan fingerprint density at radius 3 is 3.06 bits per heavy atom. The van der Waals surface area contributed by atoms with E-state index in [1.54, 1.807) is 24.2 Å². The summed E-state index contributed by atoms with van der Waals surface area (Å²) in [6.45, 7) is 2.29. The van der Waals surface area contributed by atoms with Gasteiger partial charge in [-0.1, -0.05) is 25.1 Å². The first-order chi connectivity index (χ1) is 7.83. The molecule has 0 radical (unpaired) electrons. The van der Waals surface area contributed by atoms with Gasteiger partial charge in [-0.25, -0.2) is 4.98 Å².